The molecule has 0 bridgehead atoms. The van der Waals surface area contributed by atoms with E-state index in [1.165, 1.54) is 0 Å². The van der Waals surface area contributed by atoms with E-state index in [-0.39, 0.29) is 29.7 Å². The van der Waals surface area contributed by atoms with E-state index in [0.29, 0.717) is 12.2 Å². The second-order valence-electron chi connectivity index (χ2n) is 7.67. The number of thioether (sulfide) groups is 1. The number of amides is 1. The zero-order valence-corrected chi connectivity index (χ0v) is 19.6. The fraction of sp³-hybridized carbons (Fsp3) is 0.440. The van der Waals surface area contributed by atoms with Crippen molar-refractivity contribution in [3.8, 4) is 0 Å². The SMILES string of the molecule is CC.CC(C)(C)SCC(Cc1ccccc1)C(=O)NCC(=O)OCc1ccccc1. The van der Waals surface area contributed by atoms with Gasteiger partial charge in [-0.25, -0.2) is 0 Å². The minimum Gasteiger partial charge on any atom is -0.460 e. The fourth-order valence-corrected chi connectivity index (χ4v) is 3.54. The maximum absolute atomic E-state index is 12.7. The lowest BCUT2D eigenvalue weighted by molar-refractivity contribution is -0.145. The smallest absolute Gasteiger partial charge is 0.325 e. The van der Waals surface area contributed by atoms with Crippen LogP contribution in [0, 0.1) is 5.92 Å². The van der Waals surface area contributed by atoms with Gasteiger partial charge in [-0.05, 0) is 17.5 Å². The highest BCUT2D eigenvalue weighted by molar-refractivity contribution is 8.00. The van der Waals surface area contributed by atoms with Gasteiger partial charge in [0, 0.05) is 10.5 Å². The molecular formula is C25H35NO3S. The molecule has 0 saturated heterocycles. The average Bonchev–Trinajstić information content (AvgIpc) is 2.75. The van der Waals surface area contributed by atoms with Gasteiger partial charge in [-0.2, -0.15) is 11.8 Å². The number of benzene rings is 2. The van der Waals surface area contributed by atoms with Gasteiger partial charge >= 0.3 is 5.97 Å². The fourth-order valence-electron chi connectivity index (χ4n) is 2.57. The number of ether oxygens (including phenoxy) is 1. The van der Waals surface area contributed by atoms with E-state index < -0.39 is 5.97 Å². The third-order valence-corrected chi connectivity index (χ3v) is 5.50. The Morgan fingerprint density at radius 3 is 2.00 bits per heavy atom. The summed E-state index contributed by atoms with van der Waals surface area (Å²) in [4.78, 5) is 24.7. The van der Waals surface area contributed by atoms with E-state index in [1.807, 2.05) is 74.5 Å². The molecule has 1 atom stereocenters. The molecule has 4 nitrogen and oxygen atoms in total. The Morgan fingerprint density at radius 1 is 0.933 bits per heavy atom. The Hall–Kier alpha value is -2.27. The number of carbonyl (C=O) groups excluding carboxylic acids is 2. The van der Waals surface area contributed by atoms with Crippen molar-refractivity contribution in [3.63, 3.8) is 0 Å². The second-order valence-corrected chi connectivity index (χ2v) is 9.52. The van der Waals surface area contributed by atoms with Gasteiger partial charge in [0.1, 0.15) is 13.2 Å². The largest absolute Gasteiger partial charge is 0.460 e. The molecule has 5 heteroatoms. The number of esters is 1. The molecule has 1 unspecified atom stereocenters. The van der Waals surface area contributed by atoms with Crippen LogP contribution < -0.4 is 5.32 Å². The van der Waals surface area contributed by atoms with Crippen LogP contribution in [0.2, 0.25) is 0 Å². The molecule has 0 aliphatic heterocycles. The van der Waals surface area contributed by atoms with Crippen LogP contribution in [-0.4, -0.2) is 28.9 Å². The Bertz CT molecular complexity index is 742. The van der Waals surface area contributed by atoms with Crippen molar-refractivity contribution in [2.75, 3.05) is 12.3 Å². The molecule has 164 valence electrons. The highest BCUT2D eigenvalue weighted by Crippen LogP contribution is 2.27. The molecule has 0 aliphatic rings. The average molecular weight is 430 g/mol. The maximum Gasteiger partial charge on any atom is 0.325 e. The van der Waals surface area contributed by atoms with Crippen molar-refractivity contribution < 1.29 is 14.3 Å². The lowest BCUT2D eigenvalue weighted by Gasteiger charge is -2.22. The maximum atomic E-state index is 12.7. The highest BCUT2D eigenvalue weighted by Gasteiger charge is 2.23. The van der Waals surface area contributed by atoms with Gasteiger partial charge in [-0.15, -0.1) is 0 Å². The summed E-state index contributed by atoms with van der Waals surface area (Å²) >= 11 is 1.75. The summed E-state index contributed by atoms with van der Waals surface area (Å²) < 4.78 is 5.31. The molecule has 0 aromatic heterocycles. The molecule has 0 aliphatic carbocycles. The van der Waals surface area contributed by atoms with E-state index >= 15 is 0 Å². The monoisotopic (exact) mass is 429 g/mol. The first-order chi connectivity index (χ1) is 14.3. The number of hydrogen-bond acceptors (Lipinski definition) is 4. The summed E-state index contributed by atoms with van der Waals surface area (Å²) in [5.74, 6) is -0.0477. The number of carbonyl (C=O) groups is 2. The van der Waals surface area contributed by atoms with Crippen LogP contribution in [0.4, 0.5) is 0 Å². The molecule has 2 aromatic rings. The summed E-state index contributed by atoms with van der Waals surface area (Å²) in [6.07, 6.45) is 0.648. The molecule has 0 fully saturated rings. The zero-order chi connectivity index (χ0) is 22.4. The first-order valence-electron chi connectivity index (χ1n) is 10.5. The topological polar surface area (TPSA) is 55.4 Å². The molecule has 0 saturated carbocycles. The molecule has 0 radical (unpaired) electrons. The Balaban J connectivity index is 0.00000218. The predicted octanol–water partition coefficient (Wildman–Crippen LogP) is 5.26. The summed E-state index contributed by atoms with van der Waals surface area (Å²) in [6, 6.07) is 19.4. The first-order valence-corrected chi connectivity index (χ1v) is 11.5. The van der Waals surface area contributed by atoms with E-state index in [2.05, 4.69) is 26.1 Å². The minimum absolute atomic E-state index is 0.0732. The van der Waals surface area contributed by atoms with Gasteiger partial charge in [0.25, 0.3) is 0 Å². The normalized spacial score (nSPS) is 11.6. The molecule has 1 amide bonds. The lowest BCUT2D eigenvalue weighted by Crippen LogP contribution is -2.37. The van der Waals surface area contributed by atoms with Gasteiger partial charge in [-0.3, -0.25) is 9.59 Å². The first kappa shape index (κ1) is 25.8. The van der Waals surface area contributed by atoms with Crippen LogP contribution in [0.3, 0.4) is 0 Å². The number of rotatable bonds is 9. The van der Waals surface area contributed by atoms with E-state index in [1.54, 1.807) is 11.8 Å². The molecule has 30 heavy (non-hydrogen) atoms. The molecule has 0 heterocycles. The predicted molar refractivity (Wildman–Crippen MR) is 126 cm³/mol. The van der Waals surface area contributed by atoms with E-state index in [9.17, 15) is 9.59 Å². The van der Waals surface area contributed by atoms with Crippen LogP contribution in [0.25, 0.3) is 0 Å². The Kier molecular flexibility index (Phi) is 11.9. The van der Waals surface area contributed by atoms with Gasteiger partial charge in [-0.1, -0.05) is 95.3 Å². The highest BCUT2D eigenvalue weighted by atomic mass is 32.2. The molecule has 2 aromatic carbocycles. The third-order valence-electron chi connectivity index (χ3n) is 4.06. The van der Waals surface area contributed by atoms with Gasteiger partial charge < -0.3 is 10.1 Å². The number of nitrogens with one attached hydrogen (secondary N) is 1. The molecule has 0 spiro atoms. The second kappa shape index (κ2) is 13.9. The van der Waals surface area contributed by atoms with Crippen molar-refractivity contribution >= 4 is 23.6 Å². The van der Waals surface area contributed by atoms with Crippen molar-refractivity contribution in [1.82, 2.24) is 5.32 Å². The van der Waals surface area contributed by atoms with Crippen molar-refractivity contribution in [2.24, 2.45) is 5.92 Å². The van der Waals surface area contributed by atoms with Crippen molar-refractivity contribution in [1.29, 1.82) is 0 Å². The van der Waals surface area contributed by atoms with E-state index in [4.69, 9.17) is 4.74 Å². The van der Waals surface area contributed by atoms with Gasteiger partial charge in [0.2, 0.25) is 5.91 Å². The standard InChI is InChI=1S/C23H29NO3S.C2H6/c1-23(2,3)28-17-20(14-18-10-6-4-7-11-18)22(26)24-15-21(25)27-16-19-12-8-5-9-13-19;1-2/h4-13,20H,14-17H2,1-3H3,(H,24,26);1-2H3. The Morgan fingerprint density at radius 2 is 1.47 bits per heavy atom. The zero-order valence-electron chi connectivity index (χ0n) is 18.8. The van der Waals surface area contributed by atoms with Crippen molar-refractivity contribution in [2.45, 2.75) is 52.4 Å². The van der Waals surface area contributed by atoms with Crippen LogP contribution in [0.5, 0.6) is 0 Å². The van der Waals surface area contributed by atoms with E-state index in [0.717, 1.165) is 11.1 Å². The van der Waals surface area contributed by atoms with Gasteiger partial charge in [0.05, 0.1) is 5.92 Å². The van der Waals surface area contributed by atoms with Crippen molar-refractivity contribution in [3.05, 3.63) is 71.8 Å². The van der Waals surface area contributed by atoms with Crippen LogP contribution in [0.15, 0.2) is 60.7 Å². The quantitative estimate of drug-likeness (QED) is 0.552. The third kappa shape index (κ3) is 11.1. The molecular weight excluding hydrogens is 394 g/mol. The summed E-state index contributed by atoms with van der Waals surface area (Å²) in [6.45, 7) is 10.5. The van der Waals surface area contributed by atoms with Crippen LogP contribution >= 0.6 is 11.8 Å². The Labute approximate surface area is 185 Å². The molecule has 2 rings (SSSR count). The minimum atomic E-state index is -0.431. The summed E-state index contributed by atoms with van der Waals surface area (Å²) in [5, 5.41) is 2.75. The van der Waals surface area contributed by atoms with Gasteiger partial charge in [0.15, 0.2) is 0 Å². The molecule has 1 N–H and O–H groups in total. The lowest BCUT2D eigenvalue weighted by atomic mass is 10.0. The summed E-state index contributed by atoms with van der Waals surface area (Å²) in [5.41, 5.74) is 2.04. The van der Waals surface area contributed by atoms with Crippen LogP contribution in [0.1, 0.15) is 45.7 Å². The van der Waals surface area contributed by atoms with Crippen LogP contribution in [-0.2, 0) is 27.4 Å². The number of hydrogen-bond donors (Lipinski definition) is 1. The summed E-state index contributed by atoms with van der Waals surface area (Å²) in [7, 11) is 0.